The first-order valence-corrected chi connectivity index (χ1v) is 5.70. The number of alkyl halides is 3. The molecule has 0 amide bonds. The van der Waals surface area contributed by atoms with Crippen LogP contribution in [0.4, 0.5) is 13.2 Å². The van der Waals surface area contributed by atoms with Crippen LogP contribution in [0.1, 0.15) is 11.3 Å². The molecule has 2 rings (SSSR count). The lowest BCUT2D eigenvalue weighted by molar-refractivity contribution is -0.143. The molecule has 2 aromatic heterocycles. The third-order valence-corrected chi connectivity index (χ3v) is 2.53. The van der Waals surface area contributed by atoms with E-state index in [9.17, 15) is 13.2 Å². The molecule has 0 aliphatic heterocycles. The summed E-state index contributed by atoms with van der Waals surface area (Å²) < 4.78 is 39.5. The van der Waals surface area contributed by atoms with Crippen molar-refractivity contribution in [3.05, 3.63) is 35.9 Å². The Bertz CT molecular complexity index is 534. The Morgan fingerprint density at radius 3 is 2.60 bits per heavy atom. The monoisotopic (exact) mass is 309 g/mol. The molecule has 0 aliphatic carbocycles. The zero-order valence-electron chi connectivity index (χ0n) is 10.8. The minimum Gasteiger partial charge on any atom is -0.307 e. The van der Waals surface area contributed by atoms with Crippen molar-refractivity contribution in [3.8, 4) is 0 Å². The van der Waals surface area contributed by atoms with E-state index in [0.717, 1.165) is 10.2 Å². The van der Waals surface area contributed by atoms with Crippen molar-refractivity contribution in [3.63, 3.8) is 0 Å². The summed E-state index contributed by atoms with van der Waals surface area (Å²) in [6, 6.07) is 1.57. The number of nitrogens with one attached hydrogen (secondary N) is 1. The molecule has 5 nitrogen and oxygen atoms in total. The van der Waals surface area contributed by atoms with Gasteiger partial charge in [-0.25, -0.2) is 0 Å². The minimum absolute atomic E-state index is 0. The predicted octanol–water partition coefficient (Wildman–Crippen LogP) is 1.89. The lowest BCUT2D eigenvalue weighted by Crippen LogP contribution is -2.23. The van der Waals surface area contributed by atoms with E-state index < -0.39 is 12.7 Å². The minimum atomic E-state index is -4.26. The highest BCUT2D eigenvalue weighted by molar-refractivity contribution is 5.85. The van der Waals surface area contributed by atoms with E-state index in [4.69, 9.17) is 0 Å². The van der Waals surface area contributed by atoms with Crippen molar-refractivity contribution in [2.45, 2.75) is 25.8 Å². The SMILES string of the molecule is Cl.Cn1cc(CNCc2ccnn2CC(F)(F)F)cn1. The molecule has 0 saturated carbocycles. The molecule has 0 aromatic carbocycles. The van der Waals surface area contributed by atoms with Gasteiger partial charge in [0.15, 0.2) is 0 Å². The van der Waals surface area contributed by atoms with Gasteiger partial charge in [0.1, 0.15) is 6.54 Å². The molecule has 2 aromatic rings. The summed E-state index contributed by atoms with van der Waals surface area (Å²) in [7, 11) is 1.81. The quantitative estimate of drug-likeness (QED) is 0.917. The number of halogens is 4. The number of nitrogens with zero attached hydrogens (tertiary/aromatic N) is 4. The second-order valence-electron chi connectivity index (χ2n) is 4.22. The van der Waals surface area contributed by atoms with Gasteiger partial charge in [0.25, 0.3) is 0 Å². The largest absolute Gasteiger partial charge is 0.408 e. The maximum atomic E-state index is 12.3. The molecule has 0 aliphatic rings. The molecular weight excluding hydrogens is 295 g/mol. The average Bonchev–Trinajstić information content (AvgIpc) is 2.87. The fraction of sp³-hybridized carbons (Fsp3) is 0.455. The van der Waals surface area contributed by atoms with E-state index in [0.29, 0.717) is 18.8 Å². The molecule has 112 valence electrons. The maximum absolute atomic E-state index is 12.3. The van der Waals surface area contributed by atoms with Gasteiger partial charge in [0, 0.05) is 38.1 Å². The number of hydrogen-bond donors (Lipinski definition) is 1. The van der Waals surface area contributed by atoms with Crippen LogP contribution in [-0.2, 0) is 26.7 Å². The Labute approximate surface area is 120 Å². The van der Waals surface area contributed by atoms with Crippen LogP contribution in [0.25, 0.3) is 0 Å². The van der Waals surface area contributed by atoms with Crippen LogP contribution < -0.4 is 5.32 Å². The first kappa shape index (κ1) is 16.5. The summed E-state index contributed by atoms with van der Waals surface area (Å²) in [6.07, 6.45) is 0.664. The van der Waals surface area contributed by atoms with Gasteiger partial charge in [-0.3, -0.25) is 9.36 Å². The topological polar surface area (TPSA) is 47.7 Å². The molecule has 9 heteroatoms. The van der Waals surface area contributed by atoms with Crippen LogP contribution in [0.3, 0.4) is 0 Å². The van der Waals surface area contributed by atoms with Crippen LogP contribution >= 0.6 is 12.4 Å². The van der Waals surface area contributed by atoms with Gasteiger partial charge in [-0.1, -0.05) is 0 Å². The van der Waals surface area contributed by atoms with Crippen molar-refractivity contribution < 1.29 is 13.2 Å². The van der Waals surface area contributed by atoms with Crippen LogP contribution in [-0.4, -0.2) is 25.7 Å². The predicted molar refractivity (Wildman–Crippen MR) is 69.3 cm³/mol. The molecule has 20 heavy (non-hydrogen) atoms. The second-order valence-corrected chi connectivity index (χ2v) is 4.22. The highest BCUT2D eigenvalue weighted by Crippen LogP contribution is 2.17. The molecule has 0 bridgehead atoms. The fourth-order valence-corrected chi connectivity index (χ4v) is 1.72. The molecule has 0 saturated heterocycles. The van der Waals surface area contributed by atoms with Gasteiger partial charge in [0.05, 0.1) is 11.9 Å². The van der Waals surface area contributed by atoms with Crippen molar-refractivity contribution >= 4 is 12.4 Å². The zero-order valence-corrected chi connectivity index (χ0v) is 11.6. The number of rotatable bonds is 5. The molecule has 0 spiro atoms. The van der Waals surface area contributed by atoms with Gasteiger partial charge in [-0.2, -0.15) is 23.4 Å². The van der Waals surface area contributed by atoms with Gasteiger partial charge in [-0.05, 0) is 6.07 Å². The van der Waals surface area contributed by atoms with Crippen molar-refractivity contribution in [2.75, 3.05) is 0 Å². The zero-order chi connectivity index (χ0) is 13.9. The average molecular weight is 310 g/mol. The van der Waals surface area contributed by atoms with Crippen molar-refractivity contribution in [2.24, 2.45) is 7.05 Å². The smallest absolute Gasteiger partial charge is 0.307 e. The van der Waals surface area contributed by atoms with E-state index >= 15 is 0 Å². The van der Waals surface area contributed by atoms with Gasteiger partial charge in [0.2, 0.25) is 0 Å². The highest BCUT2D eigenvalue weighted by atomic mass is 35.5. The molecule has 0 unspecified atom stereocenters. The van der Waals surface area contributed by atoms with Crippen LogP contribution in [0.5, 0.6) is 0 Å². The maximum Gasteiger partial charge on any atom is 0.408 e. The summed E-state index contributed by atoms with van der Waals surface area (Å²) >= 11 is 0. The van der Waals surface area contributed by atoms with E-state index in [1.165, 1.54) is 6.20 Å². The van der Waals surface area contributed by atoms with E-state index in [1.54, 1.807) is 16.9 Å². The van der Waals surface area contributed by atoms with Crippen molar-refractivity contribution in [1.29, 1.82) is 0 Å². The Kier molecular flexibility index (Phi) is 5.58. The molecule has 1 N–H and O–H groups in total. The molecule has 0 atom stereocenters. The summed E-state index contributed by atoms with van der Waals surface area (Å²) in [4.78, 5) is 0. The Balaban J connectivity index is 0.00000200. The fourth-order valence-electron chi connectivity index (χ4n) is 1.72. The standard InChI is InChI=1S/C11H14F3N5.ClH/c1-18-7-9(5-17-18)4-15-6-10-2-3-16-19(10)8-11(12,13)14;/h2-3,5,7,15H,4,6,8H2,1H3;1H. The molecule has 0 fully saturated rings. The van der Waals surface area contributed by atoms with E-state index in [1.807, 2.05) is 13.2 Å². The molecule has 2 heterocycles. The summed E-state index contributed by atoms with van der Waals surface area (Å²) in [5, 5.41) is 10.7. The normalized spacial score (nSPS) is 11.4. The Morgan fingerprint density at radius 1 is 1.25 bits per heavy atom. The van der Waals surface area contributed by atoms with Crippen LogP contribution in [0, 0.1) is 0 Å². The van der Waals surface area contributed by atoms with Crippen molar-refractivity contribution in [1.82, 2.24) is 24.9 Å². The van der Waals surface area contributed by atoms with Gasteiger partial charge < -0.3 is 5.32 Å². The number of aryl methyl sites for hydroxylation is 1. The summed E-state index contributed by atoms with van der Waals surface area (Å²) in [5.41, 5.74) is 1.48. The molecular formula is C11H15ClF3N5. The molecule has 0 radical (unpaired) electrons. The number of aromatic nitrogens is 4. The van der Waals surface area contributed by atoms with Gasteiger partial charge >= 0.3 is 6.18 Å². The van der Waals surface area contributed by atoms with Crippen LogP contribution in [0.2, 0.25) is 0 Å². The lowest BCUT2D eigenvalue weighted by Gasteiger charge is -2.10. The highest BCUT2D eigenvalue weighted by Gasteiger charge is 2.29. The summed E-state index contributed by atoms with van der Waals surface area (Å²) in [6.45, 7) is -0.195. The second kappa shape index (κ2) is 6.76. The first-order chi connectivity index (χ1) is 8.94. The summed E-state index contributed by atoms with van der Waals surface area (Å²) in [5.74, 6) is 0. The lowest BCUT2D eigenvalue weighted by atomic mass is 10.3. The number of hydrogen-bond acceptors (Lipinski definition) is 3. The van der Waals surface area contributed by atoms with Gasteiger partial charge in [-0.15, -0.1) is 12.4 Å². The third-order valence-electron chi connectivity index (χ3n) is 2.53. The van der Waals surface area contributed by atoms with E-state index in [2.05, 4.69) is 15.5 Å². The Morgan fingerprint density at radius 2 is 2.00 bits per heavy atom. The first-order valence-electron chi connectivity index (χ1n) is 5.70. The van der Waals surface area contributed by atoms with Crippen LogP contribution in [0.15, 0.2) is 24.7 Å². The Hall–Kier alpha value is -1.54. The third kappa shape index (κ3) is 4.86. The van der Waals surface area contributed by atoms with E-state index in [-0.39, 0.29) is 12.4 Å².